The van der Waals surface area contributed by atoms with E-state index in [9.17, 15) is 4.79 Å². The van der Waals surface area contributed by atoms with E-state index >= 15 is 0 Å². The van der Waals surface area contributed by atoms with Crippen LogP contribution in [0.1, 0.15) is 39.9 Å². The molecule has 1 amide bonds. The molecule has 1 heterocycles. The van der Waals surface area contributed by atoms with E-state index in [1.54, 1.807) is 19.1 Å². The molecule has 0 saturated carbocycles. The number of furan rings is 1. The number of hydrogen-bond acceptors (Lipinski definition) is 3. The second-order valence-electron chi connectivity index (χ2n) is 4.87. The predicted octanol–water partition coefficient (Wildman–Crippen LogP) is 3.36. The normalized spacial score (nSPS) is 11.5. The first kappa shape index (κ1) is 14.1. The first-order chi connectivity index (χ1) is 9.47. The van der Waals surface area contributed by atoms with Gasteiger partial charge in [0.15, 0.2) is 5.76 Å². The third-order valence-electron chi connectivity index (χ3n) is 3.01. The molecule has 1 aromatic carbocycles. The predicted molar refractivity (Wildman–Crippen MR) is 79.0 cm³/mol. The Labute approximate surface area is 118 Å². The average molecular weight is 270 g/mol. The standard InChI is InChI=1S/C16H18N2O2/c1-10-5-7-14(8-6-10)16(19)18-17-13(4)15-11(2)9-12(3)20-15/h5-9H,1-4H3,(H,18,19). The van der Waals surface area contributed by atoms with Crippen LogP contribution in [0.2, 0.25) is 0 Å². The van der Waals surface area contributed by atoms with Gasteiger partial charge in [-0.25, -0.2) is 5.43 Å². The van der Waals surface area contributed by atoms with E-state index in [2.05, 4.69) is 10.5 Å². The fourth-order valence-corrected chi connectivity index (χ4v) is 1.96. The molecule has 2 aromatic rings. The molecule has 1 N–H and O–H groups in total. The SMILES string of the molecule is CC(=NNC(=O)c1ccc(C)cc1)c1oc(C)cc1C. The van der Waals surface area contributed by atoms with Crippen LogP contribution < -0.4 is 5.43 Å². The number of amides is 1. The fourth-order valence-electron chi connectivity index (χ4n) is 1.96. The van der Waals surface area contributed by atoms with Crippen molar-refractivity contribution in [1.82, 2.24) is 5.43 Å². The molecule has 0 spiro atoms. The first-order valence-electron chi connectivity index (χ1n) is 6.46. The number of aryl methyl sites for hydroxylation is 3. The maximum atomic E-state index is 11.9. The van der Waals surface area contributed by atoms with E-state index < -0.39 is 0 Å². The van der Waals surface area contributed by atoms with Crippen LogP contribution in [0.3, 0.4) is 0 Å². The molecular formula is C16H18N2O2. The Morgan fingerprint density at radius 1 is 1.15 bits per heavy atom. The maximum absolute atomic E-state index is 11.9. The van der Waals surface area contributed by atoms with E-state index in [4.69, 9.17) is 4.42 Å². The average Bonchev–Trinajstić information content (AvgIpc) is 2.75. The Morgan fingerprint density at radius 2 is 1.80 bits per heavy atom. The van der Waals surface area contributed by atoms with Crippen molar-refractivity contribution >= 4 is 11.6 Å². The molecule has 0 aliphatic carbocycles. The van der Waals surface area contributed by atoms with Crippen LogP contribution >= 0.6 is 0 Å². The number of benzene rings is 1. The van der Waals surface area contributed by atoms with Crippen LogP contribution in [0, 0.1) is 20.8 Å². The summed E-state index contributed by atoms with van der Waals surface area (Å²) < 4.78 is 5.55. The van der Waals surface area contributed by atoms with Gasteiger partial charge in [0.05, 0.1) is 0 Å². The van der Waals surface area contributed by atoms with Crippen LogP contribution in [0.4, 0.5) is 0 Å². The number of carbonyl (C=O) groups is 1. The quantitative estimate of drug-likeness (QED) is 0.686. The molecular weight excluding hydrogens is 252 g/mol. The summed E-state index contributed by atoms with van der Waals surface area (Å²) in [6.45, 7) is 7.62. The summed E-state index contributed by atoms with van der Waals surface area (Å²) in [5.41, 5.74) is 5.90. The highest BCUT2D eigenvalue weighted by Gasteiger charge is 2.09. The Bertz CT molecular complexity index is 652. The third kappa shape index (κ3) is 3.15. The van der Waals surface area contributed by atoms with Crippen LogP contribution in [0.5, 0.6) is 0 Å². The van der Waals surface area contributed by atoms with Crippen molar-refractivity contribution in [2.45, 2.75) is 27.7 Å². The Kier molecular flexibility index (Phi) is 4.03. The lowest BCUT2D eigenvalue weighted by Gasteiger charge is -2.02. The van der Waals surface area contributed by atoms with Crippen molar-refractivity contribution < 1.29 is 9.21 Å². The van der Waals surface area contributed by atoms with Crippen molar-refractivity contribution in [3.63, 3.8) is 0 Å². The molecule has 2 rings (SSSR count). The molecule has 0 radical (unpaired) electrons. The zero-order valence-corrected chi connectivity index (χ0v) is 12.2. The highest BCUT2D eigenvalue weighted by atomic mass is 16.3. The molecule has 0 atom stereocenters. The monoisotopic (exact) mass is 270 g/mol. The summed E-state index contributed by atoms with van der Waals surface area (Å²) in [6.07, 6.45) is 0. The zero-order chi connectivity index (χ0) is 14.7. The van der Waals surface area contributed by atoms with Gasteiger partial charge >= 0.3 is 0 Å². The second kappa shape index (κ2) is 5.74. The number of rotatable bonds is 3. The van der Waals surface area contributed by atoms with E-state index in [0.29, 0.717) is 17.0 Å². The fraction of sp³-hybridized carbons (Fsp3) is 0.250. The van der Waals surface area contributed by atoms with E-state index in [1.807, 2.05) is 39.0 Å². The summed E-state index contributed by atoms with van der Waals surface area (Å²) in [5, 5.41) is 4.09. The highest BCUT2D eigenvalue weighted by Crippen LogP contribution is 2.14. The molecule has 0 saturated heterocycles. The summed E-state index contributed by atoms with van der Waals surface area (Å²) in [4.78, 5) is 11.9. The molecule has 0 bridgehead atoms. The largest absolute Gasteiger partial charge is 0.460 e. The van der Waals surface area contributed by atoms with Crippen molar-refractivity contribution in [3.8, 4) is 0 Å². The van der Waals surface area contributed by atoms with Gasteiger partial charge in [-0.2, -0.15) is 5.10 Å². The molecule has 0 aliphatic heterocycles. The van der Waals surface area contributed by atoms with Gasteiger partial charge in [-0.3, -0.25) is 4.79 Å². The van der Waals surface area contributed by atoms with Gasteiger partial charge in [0.1, 0.15) is 11.5 Å². The number of nitrogens with one attached hydrogen (secondary N) is 1. The minimum atomic E-state index is -0.231. The highest BCUT2D eigenvalue weighted by molar-refractivity contribution is 6.00. The van der Waals surface area contributed by atoms with Gasteiger partial charge in [0, 0.05) is 5.56 Å². The lowest BCUT2D eigenvalue weighted by Crippen LogP contribution is -2.19. The molecule has 104 valence electrons. The summed E-state index contributed by atoms with van der Waals surface area (Å²) in [5.74, 6) is 1.30. The topological polar surface area (TPSA) is 54.6 Å². The molecule has 4 heteroatoms. The Balaban J connectivity index is 2.10. The molecule has 0 fully saturated rings. The van der Waals surface area contributed by atoms with Gasteiger partial charge in [-0.05, 0) is 51.5 Å². The van der Waals surface area contributed by atoms with Crippen LogP contribution in [-0.4, -0.2) is 11.6 Å². The number of hydrogen-bond donors (Lipinski definition) is 1. The Morgan fingerprint density at radius 3 is 2.35 bits per heavy atom. The van der Waals surface area contributed by atoms with Crippen LogP contribution in [0.25, 0.3) is 0 Å². The first-order valence-corrected chi connectivity index (χ1v) is 6.46. The van der Waals surface area contributed by atoms with Crippen LogP contribution in [-0.2, 0) is 0 Å². The summed E-state index contributed by atoms with van der Waals surface area (Å²) in [7, 11) is 0. The van der Waals surface area contributed by atoms with E-state index in [-0.39, 0.29) is 5.91 Å². The summed E-state index contributed by atoms with van der Waals surface area (Å²) >= 11 is 0. The minimum absolute atomic E-state index is 0.231. The van der Waals surface area contributed by atoms with Gasteiger partial charge in [-0.15, -0.1) is 0 Å². The second-order valence-corrected chi connectivity index (χ2v) is 4.87. The lowest BCUT2D eigenvalue weighted by atomic mass is 10.1. The maximum Gasteiger partial charge on any atom is 0.271 e. The van der Waals surface area contributed by atoms with Gasteiger partial charge in [-0.1, -0.05) is 17.7 Å². The van der Waals surface area contributed by atoms with Crippen molar-refractivity contribution in [2.24, 2.45) is 5.10 Å². The van der Waals surface area contributed by atoms with Gasteiger partial charge in [0.25, 0.3) is 5.91 Å². The molecule has 0 aliphatic rings. The van der Waals surface area contributed by atoms with Gasteiger partial charge in [0.2, 0.25) is 0 Å². The summed E-state index contributed by atoms with van der Waals surface area (Å²) in [6, 6.07) is 9.28. The number of nitrogens with zero attached hydrogens (tertiary/aromatic N) is 1. The lowest BCUT2D eigenvalue weighted by molar-refractivity contribution is 0.0955. The zero-order valence-electron chi connectivity index (χ0n) is 12.2. The third-order valence-corrected chi connectivity index (χ3v) is 3.01. The van der Waals surface area contributed by atoms with E-state index in [0.717, 1.165) is 16.9 Å². The smallest absolute Gasteiger partial charge is 0.271 e. The molecule has 1 aromatic heterocycles. The number of carbonyl (C=O) groups excluding carboxylic acids is 1. The number of hydrazone groups is 1. The van der Waals surface area contributed by atoms with E-state index in [1.165, 1.54) is 0 Å². The van der Waals surface area contributed by atoms with Crippen molar-refractivity contribution in [2.75, 3.05) is 0 Å². The molecule has 20 heavy (non-hydrogen) atoms. The van der Waals surface area contributed by atoms with Crippen molar-refractivity contribution in [3.05, 3.63) is 58.5 Å². The minimum Gasteiger partial charge on any atom is -0.460 e. The van der Waals surface area contributed by atoms with Crippen LogP contribution in [0.15, 0.2) is 39.9 Å². The molecule has 0 unspecified atom stereocenters. The molecule has 4 nitrogen and oxygen atoms in total. The van der Waals surface area contributed by atoms with Gasteiger partial charge < -0.3 is 4.42 Å². The Hall–Kier alpha value is -2.36. The van der Waals surface area contributed by atoms with Crippen molar-refractivity contribution in [1.29, 1.82) is 0 Å².